The van der Waals surface area contributed by atoms with Gasteiger partial charge in [-0.3, -0.25) is 0 Å². The van der Waals surface area contributed by atoms with E-state index in [1.165, 1.54) is 6.07 Å². The lowest BCUT2D eigenvalue weighted by atomic mass is 9.97. The summed E-state index contributed by atoms with van der Waals surface area (Å²) in [5.41, 5.74) is 2.75. The largest absolute Gasteiger partial charge is 0.306 e. The fourth-order valence-electron chi connectivity index (χ4n) is 2.31. The SMILES string of the molecule is CCCNC(c1cc(Cl)cc(Br)c1)c1ccc(F)c(C)c1. The lowest BCUT2D eigenvalue weighted by Crippen LogP contribution is -2.23. The molecule has 0 aliphatic rings. The Morgan fingerprint density at radius 1 is 1.19 bits per heavy atom. The summed E-state index contributed by atoms with van der Waals surface area (Å²) in [6, 6.07) is 11.1. The standard InChI is InChI=1S/C17H18BrClFN/c1-3-6-21-17(12-4-5-16(20)11(2)7-12)13-8-14(18)10-15(19)9-13/h4-5,7-10,17,21H,3,6H2,1-2H3. The van der Waals surface area contributed by atoms with Crippen LogP contribution in [-0.4, -0.2) is 6.54 Å². The molecule has 0 spiro atoms. The summed E-state index contributed by atoms with van der Waals surface area (Å²) in [4.78, 5) is 0. The molecule has 0 saturated carbocycles. The van der Waals surface area contributed by atoms with Gasteiger partial charge in [-0.1, -0.05) is 46.6 Å². The summed E-state index contributed by atoms with van der Waals surface area (Å²) in [6.07, 6.45) is 1.03. The van der Waals surface area contributed by atoms with Crippen LogP contribution < -0.4 is 5.32 Å². The van der Waals surface area contributed by atoms with Gasteiger partial charge in [0.05, 0.1) is 6.04 Å². The van der Waals surface area contributed by atoms with Gasteiger partial charge in [0.15, 0.2) is 0 Å². The van der Waals surface area contributed by atoms with E-state index in [0.717, 1.165) is 28.6 Å². The highest BCUT2D eigenvalue weighted by Gasteiger charge is 2.15. The zero-order valence-corrected chi connectivity index (χ0v) is 14.4. The van der Waals surface area contributed by atoms with E-state index in [0.29, 0.717) is 10.6 Å². The van der Waals surface area contributed by atoms with E-state index in [2.05, 4.69) is 28.2 Å². The van der Waals surface area contributed by atoms with Gasteiger partial charge in [0.2, 0.25) is 0 Å². The Morgan fingerprint density at radius 2 is 1.95 bits per heavy atom. The fraction of sp³-hybridized carbons (Fsp3) is 0.294. The molecule has 0 aliphatic heterocycles. The van der Waals surface area contributed by atoms with Crippen LogP contribution in [0, 0.1) is 12.7 Å². The first kappa shape index (κ1) is 16.5. The smallest absolute Gasteiger partial charge is 0.126 e. The Balaban J connectivity index is 2.43. The summed E-state index contributed by atoms with van der Waals surface area (Å²) < 4.78 is 14.4. The molecule has 1 N–H and O–H groups in total. The predicted octanol–water partition coefficient (Wildman–Crippen LogP) is 5.64. The molecule has 2 aromatic rings. The quantitative estimate of drug-likeness (QED) is 0.718. The molecule has 21 heavy (non-hydrogen) atoms. The van der Waals surface area contributed by atoms with Crippen molar-refractivity contribution in [2.75, 3.05) is 6.54 Å². The minimum atomic E-state index is -0.180. The minimum absolute atomic E-state index is 0.000694. The van der Waals surface area contributed by atoms with Gasteiger partial charge in [0, 0.05) is 9.50 Å². The topological polar surface area (TPSA) is 12.0 Å². The number of hydrogen-bond donors (Lipinski definition) is 1. The van der Waals surface area contributed by atoms with E-state index < -0.39 is 0 Å². The first-order valence-corrected chi connectivity index (χ1v) is 8.13. The number of hydrogen-bond acceptors (Lipinski definition) is 1. The van der Waals surface area contributed by atoms with Gasteiger partial charge >= 0.3 is 0 Å². The molecule has 1 nitrogen and oxygen atoms in total. The zero-order chi connectivity index (χ0) is 15.4. The number of aryl methyl sites for hydroxylation is 1. The highest BCUT2D eigenvalue weighted by atomic mass is 79.9. The van der Waals surface area contributed by atoms with E-state index >= 15 is 0 Å². The molecule has 1 unspecified atom stereocenters. The summed E-state index contributed by atoms with van der Waals surface area (Å²) in [7, 11) is 0. The summed E-state index contributed by atoms with van der Waals surface area (Å²) >= 11 is 9.63. The van der Waals surface area contributed by atoms with E-state index in [-0.39, 0.29) is 11.9 Å². The molecule has 1 atom stereocenters. The second-order valence-corrected chi connectivity index (χ2v) is 6.45. The average Bonchev–Trinajstić information content (AvgIpc) is 2.42. The first-order chi connectivity index (χ1) is 10.0. The molecule has 2 rings (SSSR count). The maximum Gasteiger partial charge on any atom is 0.126 e. The maximum atomic E-state index is 13.5. The number of benzene rings is 2. The molecule has 0 bridgehead atoms. The molecule has 0 radical (unpaired) electrons. The minimum Gasteiger partial charge on any atom is -0.306 e. The highest BCUT2D eigenvalue weighted by molar-refractivity contribution is 9.10. The van der Waals surface area contributed by atoms with Crippen molar-refractivity contribution in [3.8, 4) is 0 Å². The summed E-state index contributed by atoms with van der Waals surface area (Å²) in [5, 5.41) is 4.18. The number of rotatable bonds is 5. The van der Waals surface area contributed by atoms with Crippen LogP contribution in [-0.2, 0) is 0 Å². The first-order valence-electron chi connectivity index (χ1n) is 6.96. The van der Waals surface area contributed by atoms with E-state index in [4.69, 9.17) is 11.6 Å². The van der Waals surface area contributed by atoms with Gasteiger partial charge in [0.25, 0.3) is 0 Å². The zero-order valence-electron chi connectivity index (χ0n) is 12.1. The van der Waals surface area contributed by atoms with Crippen LogP contribution in [0.1, 0.15) is 36.1 Å². The lowest BCUT2D eigenvalue weighted by molar-refractivity contribution is 0.590. The van der Waals surface area contributed by atoms with Crippen molar-refractivity contribution in [3.63, 3.8) is 0 Å². The summed E-state index contributed by atoms with van der Waals surface area (Å²) in [6.45, 7) is 4.78. The van der Waals surface area contributed by atoms with Gasteiger partial charge in [-0.15, -0.1) is 0 Å². The molecule has 0 aromatic heterocycles. The highest BCUT2D eigenvalue weighted by Crippen LogP contribution is 2.29. The molecule has 0 aliphatic carbocycles. The van der Waals surface area contributed by atoms with Crippen molar-refractivity contribution < 1.29 is 4.39 Å². The molecule has 0 fully saturated rings. The van der Waals surface area contributed by atoms with Gasteiger partial charge in [-0.2, -0.15) is 0 Å². The van der Waals surface area contributed by atoms with Gasteiger partial charge in [0.1, 0.15) is 5.82 Å². The van der Waals surface area contributed by atoms with Crippen molar-refractivity contribution >= 4 is 27.5 Å². The monoisotopic (exact) mass is 369 g/mol. The maximum absolute atomic E-state index is 13.5. The van der Waals surface area contributed by atoms with Crippen LogP contribution >= 0.6 is 27.5 Å². The van der Waals surface area contributed by atoms with Gasteiger partial charge < -0.3 is 5.32 Å². The van der Waals surface area contributed by atoms with Crippen LogP contribution in [0.15, 0.2) is 40.9 Å². The fourth-order valence-corrected chi connectivity index (χ4v) is 3.19. The van der Waals surface area contributed by atoms with Crippen LogP contribution in [0.4, 0.5) is 4.39 Å². The van der Waals surface area contributed by atoms with Crippen LogP contribution in [0.2, 0.25) is 5.02 Å². The molecule has 112 valence electrons. The average molecular weight is 371 g/mol. The Hall–Kier alpha value is -0.900. The normalized spacial score (nSPS) is 12.4. The van der Waals surface area contributed by atoms with Gasteiger partial charge in [-0.25, -0.2) is 4.39 Å². The predicted molar refractivity (Wildman–Crippen MR) is 90.4 cm³/mol. The third-order valence-corrected chi connectivity index (χ3v) is 4.01. The van der Waals surface area contributed by atoms with E-state index in [9.17, 15) is 4.39 Å². The van der Waals surface area contributed by atoms with Crippen LogP contribution in [0.25, 0.3) is 0 Å². The number of halogens is 3. The molecular weight excluding hydrogens is 353 g/mol. The molecule has 2 aromatic carbocycles. The third kappa shape index (κ3) is 4.29. The van der Waals surface area contributed by atoms with E-state index in [1.54, 1.807) is 6.92 Å². The molecular formula is C17H18BrClFN. The van der Waals surface area contributed by atoms with E-state index in [1.807, 2.05) is 30.3 Å². The van der Waals surface area contributed by atoms with Crippen molar-refractivity contribution in [1.29, 1.82) is 0 Å². The molecule has 0 amide bonds. The lowest BCUT2D eigenvalue weighted by Gasteiger charge is -2.21. The molecule has 4 heteroatoms. The third-order valence-electron chi connectivity index (χ3n) is 3.33. The Labute approximate surface area is 138 Å². The second kappa shape index (κ2) is 7.39. The second-order valence-electron chi connectivity index (χ2n) is 5.10. The van der Waals surface area contributed by atoms with Crippen molar-refractivity contribution in [2.45, 2.75) is 26.3 Å². The summed E-state index contributed by atoms with van der Waals surface area (Å²) in [5.74, 6) is -0.180. The Kier molecular flexibility index (Phi) is 5.80. The Bertz CT molecular complexity index is 610. The molecule has 0 saturated heterocycles. The van der Waals surface area contributed by atoms with Crippen molar-refractivity contribution in [2.24, 2.45) is 0 Å². The van der Waals surface area contributed by atoms with Crippen molar-refractivity contribution in [3.05, 3.63) is 68.4 Å². The van der Waals surface area contributed by atoms with Crippen molar-refractivity contribution in [1.82, 2.24) is 5.32 Å². The Morgan fingerprint density at radius 3 is 2.57 bits per heavy atom. The molecule has 0 heterocycles. The van der Waals surface area contributed by atoms with Crippen LogP contribution in [0.3, 0.4) is 0 Å². The number of nitrogens with one attached hydrogen (secondary N) is 1. The van der Waals surface area contributed by atoms with Gasteiger partial charge in [-0.05, 0) is 60.8 Å². The van der Waals surface area contributed by atoms with Crippen LogP contribution in [0.5, 0.6) is 0 Å².